The van der Waals surface area contributed by atoms with Crippen LogP contribution in [0.25, 0.3) is 0 Å². The second-order valence-corrected chi connectivity index (χ2v) is 32.3. The number of hydrogen-bond donors (Lipinski definition) is 3. The number of phosphoric acid groups is 2. The van der Waals surface area contributed by atoms with Crippen molar-refractivity contribution in [3.63, 3.8) is 0 Å². The number of rotatable bonds is 74. The Bertz CT molecular complexity index is 1890. The summed E-state index contributed by atoms with van der Waals surface area (Å²) >= 11 is 0. The first-order chi connectivity index (χ1) is 46.1. The van der Waals surface area contributed by atoms with Gasteiger partial charge in [0, 0.05) is 25.7 Å². The van der Waals surface area contributed by atoms with Gasteiger partial charge in [0.1, 0.15) is 19.3 Å². The zero-order valence-electron chi connectivity index (χ0n) is 63.0. The van der Waals surface area contributed by atoms with Crippen LogP contribution >= 0.6 is 15.6 Å². The van der Waals surface area contributed by atoms with Crippen LogP contribution in [-0.2, 0) is 65.4 Å². The first-order valence-corrected chi connectivity index (χ1v) is 42.7. The van der Waals surface area contributed by atoms with E-state index in [2.05, 4.69) is 55.4 Å². The Labute approximate surface area is 588 Å². The molecule has 0 saturated heterocycles. The molecule has 0 aromatic heterocycles. The summed E-state index contributed by atoms with van der Waals surface area (Å²) in [5.74, 6) is 0.951. The standard InChI is InChI=1S/C77H150O17P2/c1-9-70(8)56-48-40-35-36-42-50-58-75(80)88-64-73(94-77(82)59-51-43-33-27-19-15-11-10-13-17-23-29-37-45-53-67(2)3)66-92-96(85,86)90-62-71(78)61-89-95(83,84)91-65-72(63-87-74(79)57-49-41-32-26-22-21-25-31-39-47-55-69(6)7)93-76(81)60-52-44-34-28-20-16-12-14-18-24-30-38-46-54-68(4)5/h67-73,78H,9-66H2,1-8H3,(H,83,84)(H,85,86)/t70?,71-,72-,73-/m1/s1. The minimum atomic E-state index is -4.96. The Kier molecular flexibility index (Phi) is 65.0. The van der Waals surface area contributed by atoms with Crippen molar-refractivity contribution in [1.29, 1.82) is 0 Å². The molecule has 0 aliphatic heterocycles. The van der Waals surface area contributed by atoms with Crippen molar-refractivity contribution in [2.75, 3.05) is 39.6 Å². The summed E-state index contributed by atoms with van der Waals surface area (Å²) < 4.78 is 68.6. The highest BCUT2D eigenvalue weighted by Crippen LogP contribution is 2.45. The van der Waals surface area contributed by atoms with Crippen LogP contribution in [0.5, 0.6) is 0 Å². The van der Waals surface area contributed by atoms with E-state index in [1.54, 1.807) is 0 Å². The predicted molar refractivity (Wildman–Crippen MR) is 391 cm³/mol. The molecule has 19 heteroatoms. The highest BCUT2D eigenvalue weighted by atomic mass is 31.2. The number of aliphatic hydroxyl groups is 1. The lowest BCUT2D eigenvalue weighted by molar-refractivity contribution is -0.161. The van der Waals surface area contributed by atoms with E-state index in [1.807, 2.05) is 0 Å². The van der Waals surface area contributed by atoms with Crippen LogP contribution in [0.4, 0.5) is 0 Å². The van der Waals surface area contributed by atoms with Crippen molar-refractivity contribution in [1.82, 2.24) is 0 Å². The molecule has 0 spiro atoms. The first-order valence-electron chi connectivity index (χ1n) is 39.7. The molecule has 96 heavy (non-hydrogen) atoms. The molecule has 17 nitrogen and oxygen atoms in total. The van der Waals surface area contributed by atoms with Crippen LogP contribution < -0.4 is 0 Å². The van der Waals surface area contributed by atoms with Crippen LogP contribution in [0.15, 0.2) is 0 Å². The third kappa shape index (κ3) is 69.2. The van der Waals surface area contributed by atoms with Gasteiger partial charge in [0.25, 0.3) is 0 Å². The van der Waals surface area contributed by atoms with E-state index in [9.17, 15) is 43.2 Å². The predicted octanol–water partition coefficient (Wildman–Crippen LogP) is 22.4. The fraction of sp³-hybridized carbons (Fsp3) is 0.948. The molecular formula is C77H150O17P2. The van der Waals surface area contributed by atoms with Crippen LogP contribution in [0.1, 0.15) is 389 Å². The molecular weight excluding hydrogens is 1260 g/mol. The van der Waals surface area contributed by atoms with Gasteiger partial charge in [-0.05, 0) is 49.4 Å². The minimum absolute atomic E-state index is 0.106. The van der Waals surface area contributed by atoms with Gasteiger partial charge in [0.15, 0.2) is 12.2 Å². The molecule has 570 valence electrons. The molecule has 0 aromatic rings. The maximum atomic E-state index is 13.1. The van der Waals surface area contributed by atoms with Crippen molar-refractivity contribution in [3.8, 4) is 0 Å². The number of aliphatic hydroxyl groups excluding tert-OH is 1. The Morgan fingerprint density at radius 2 is 0.500 bits per heavy atom. The third-order valence-corrected chi connectivity index (χ3v) is 20.1. The van der Waals surface area contributed by atoms with Crippen LogP contribution in [0.2, 0.25) is 0 Å². The van der Waals surface area contributed by atoms with Crippen LogP contribution in [0.3, 0.4) is 0 Å². The lowest BCUT2D eigenvalue weighted by Crippen LogP contribution is -2.30. The van der Waals surface area contributed by atoms with Crippen LogP contribution in [0, 0.1) is 23.7 Å². The van der Waals surface area contributed by atoms with E-state index < -0.39 is 97.5 Å². The Morgan fingerprint density at radius 3 is 0.740 bits per heavy atom. The lowest BCUT2D eigenvalue weighted by Gasteiger charge is -2.21. The SMILES string of the molecule is CCC(C)CCCCCCCCC(=O)OC[C@H](COP(=O)(O)OC[C@H](O)COP(=O)(O)OC[C@@H](COC(=O)CCCCCCCCCCCCC(C)C)OC(=O)CCCCCCCCCCCCCCCC(C)C)OC(=O)CCCCCCCCCCCCCCCCC(C)C. The number of unbranched alkanes of at least 4 members (excludes halogenated alkanes) is 39. The van der Waals surface area contributed by atoms with E-state index >= 15 is 0 Å². The normalized spacial score (nSPS) is 14.4. The minimum Gasteiger partial charge on any atom is -0.462 e. The smallest absolute Gasteiger partial charge is 0.462 e. The van der Waals surface area contributed by atoms with Gasteiger partial charge >= 0.3 is 39.5 Å². The van der Waals surface area contributed by atoms with Crippen molar-refractivity contribution >= 4 is 39.5 Å². The molecule has 0 aromatic carbocycles. The summed E-state index contributed by atoms with van der Waals surface area (Å²) in [6, 6.07) is 0. The molecule has 3 unspecified atom stereocenters. The van der Waals surface area contributed by atoms with E-state index in [1.165, 1.54) is 186 Å². The molecule has 0 aliphatic carbocycles. The van der Waals surface area contributed by atoms with Gasteiger partial charge in [-0.3, -0.25) is 37.3 Å². The molecule has 0 fully saturated rings. The molecule has 0 bridgehead atoms. The largest absolute Gasteiger partial charge is 0.472 e. The molecule has 0 amide bonds. The molecule has 3 N–H and O–H groups in total. The highest BCUT2D eigenvalue weighted by Gasteiger charge is 2.30. The first kappa shape index (κ1) is 94.1. The number of phosphoric ester groups is 2. The van der Waals surface area contributed by atoms with Gasteiger partial charge in [-0.2, -0.15) is 0 Å². The van der Waals surface area contributed by atoms with E-state index in [0.717, 1.165) is 120 Å². The maximum Gasteiger partial charge on any atom is 0.472 e. The van der Waals surface area contributed by atoms with E-state index in [4.69, 9.17) is 37.0 Å². The summed E-state index contributed by atoms with van der Waals surface area (Å²) in [7, 11) is -9.92. The summed E-state index contributed by atoms with van der Waals surface area (Å²) in [5.41, 5.74) is 0. The highest BCUT2D eigenvalue weighted by molar-refractivity contribution is 7.47. The second-order valence-electron chi connectivity index (χ2n) is 29.4. The topological polar surface area (TPSA) is 237 Å². The number of carbonyl (C=O) groups is 4. The van der Waals surface area contributed by atoms with Gasteiger partial charge in [-0.15, -0.1) is 0 Å². The number of carbonyl (C=O) groups excluding carboxylic acids is 4. The molecule has 0 aliphatic rings. The molecule has 0 rings (SSSR count). The zero-order valence-corrected chi connectivity index (χ0v) is 64.8. The Hall–Kier alpha value is -1.94. The van der Waals surface area contributed by atoms with Crippen molar-refractivity contribution in [2.24, 2.45) is 23.7 Å². The molecule has 0 heterocycles. The third-order valence-electron chi connectivity index (χ3n) is 18.2. The number of hydrogen-bond acceptors (Lipinski definition) is 15. The molecule has 0 radical (unpaired) electrons. The van der Waals surface area contributed by atoms with Crippen molar-refractivity contribution < 1.29 is 80.2 Å². The van der Waals surface area contributed by atoms with Crippen molar-refractivity contribution in [3.05, 3.63) is 0 Å². The Morgan fingerprint density at radius 1 is 0.292 bits per heavy atom. The summed E-state index contributed by atoms with van der Waals surface area (Å²) in [4.78, 5) is 72.9. The maximum absolute atomic E-state index is 13.1. The van der Waals surface area contributed by atoms with Gasteiger partial charge in [-0.1, -0.05) is 338 Å². The number of esters is 4. The Balaban J connectivity index is 5.25. The fourth-order valence-electron chi connectivity index (χ4n) is 11.7. The summed E-state index contributed by atoms with van der Waals surface area (Å²) in [6.45, 7) is 14.2. The average molecular weight is 1410 g/mol. The summed E-state index contributed by atoms with van der Waals surface area (Å²) in [5, 5.41) is 10.6. The van der Waals surface area contributed by atoms with E-state index in [0.29, 0.717) is 25.7 Å². The van der Waals surface area contributed by atoms with E-state index in [-0.39, 0.29) is 25.7 Å². The van der Waals surface area contributed by atoms with Gasteiger partial charge in [-0.25, -0.2) is 9.13 Å². The van der Waals surface area contributed by atoms with Gasteiger partial charge in [0.2, 0.25) is 0 Å². The monoisotopic (exact) mass is 1410 g/mol. The molecule has 0 saturated carbocycles. The van der Waals surface area contributed by atoms with Crippen LogP contribution in [-0.4, -0.2) is 96.7 Å². The second kappa shape index (κ2) is 66.3. The van der Waals surface area contributed by atoms with Gasteiger partial charge < -0.3 is 33.8 Å². The molecule has 6 atom stereocenters. The summed E-state index contributed by atoms with van der Waals surface area (Å²) in [6.07, 6.45) is 51.3. The fourth-order valence-corrected chi connectivity index (χ4v) is 13.3. The average Bonchev–Trinajstić information content (AvgIpc) is 1.59. The number of ether oxygens (including phenoxy) is 4. The quantitative estimate of drug-likeness (QED) is 0.0222. The lowest BCUT2D eigenvalue weighted by atomic mass is 10.00. The van der Waals surface area contributed by atoms with Gasteiger partial charge in [0.05, 0.1) is 26.4 Å². The zero-order chi connectivity index (χ0) is 71.0. The van der Waals surface area contributed by atoms with Crippen molar-refractivity contribution in [2.45, 2.75) is 408 Å².